The van der Waals surface area contributed by atoms with Gasteiger partial charge in [0, 0.05) is 12.2 Å². The Hall–Kier alpha value is -2.30. The highest BCUT2D eigenvalue weighted by atomic mass is 16.6. The van der Waals surface area contributed by atoms with Crippen molar-refractivity contribution in [2.24, 2.45) is 0 Å². The summed E-state index contributed by atoms with van der Waals surface area (Å²) >= 11 is 0. The summed E-state index contributed by atoms with van der Waals surface area (Å²) < 4.78 is 5.60. The first-order valence-corrected chi connectivity index (χ1v) is 7.92. The minimum Gasteiger partial charge on any atom is -0.444 e. The van der Waals surface area contributed by atoms with Crippen molar-refractivity contribution in [1.29, 1.82) is 0 Å². The fourth-order valence-electron chi connectivity index (χ4n) is 2.91. The van der Waals surface area contributed by atoms with Crippen LogP contribution >= 0.6 is 0 Å². The summed E-state index contributed by atoms with van der Waals surface area (Å²) in [6.07, 6.45) is 0.456. The number of hydrogen-bond acceptors (Lipinski definition) is 3. The highest BCUT2D eigenvalue weighted by molar-refractivity contribution is 5.69. The number of nitrogens with zero attached hydrogens (tertiary/aromatic N) is 2. The van der Waals surface area contributed by atoms with E-state index in [4.69, 9.17) is 4.74 Å². The summed E-state index contributed by atoms with van der Waals surface area (Å²) in [5.41, 5.74) is 3.78. The average molecular weight is 313 g/mol. The highest BCUT2D eigenvalue weighted by Gasteiger charge is 2.34. The van der Waals surface area contributed by atoms with Crippen molar-refractivity contribution in [3.8, 4) is 0 Å². The number of aromatic amines is 1. The fourth-order valence-corrected chi connectivity index (χ4v) is 2.91. The summed E-state index contributed by atoms with van der Waals surface area (Å²) in [4.78, 5) is 14.5. The molecule has 0 saturated carbocycles. The van der Waals surface area contributed by atoms with Gasteiger partial charge >= 0.3 is 6.09 Å². The fraction of sp³-hybridized carbons (Fsp3) is 0.444. The van der Waals surface area contributed by atoms with Crippen LogP contribution in [0.3, 0.4) is 0 Å². The number of H-pyrrole nitrogens is 1. The minimum atomic E-state index is -0.514. The molecule has 2 heterocycles. The maximum absolute atomic E-state index is 12.7. The molecule has 1 aliphatic heterocycles. The highest BCUT2D eigenvalue weighted by Crippen LogP contribution is 2.33. The summed E-state index contributed by atoms with van der Waals surface area (Å²) in [5.74, 6) is 0. The number of hydrogen-bond donors (Lipinski definition) is 1. The predicted molar refractivity (Wildman–Crippen MR) is 88.0 cm³/mol. The third-order valence-corrected chi connectivity index (χ3v) is 3.94. The van der Waals surface area contributed by atoms with Gasteiger partial charge in [0.05, 0.1) is 11.7 Å². The smallest absolute Gasteiger partial charge is 0.411 e. The summed E-state index contributed by atoms with van der Waals surface area (Å²) in [5, 5.41) is 7.34. The molecule has 1 aromatic heterocycles. The summed E-state index contributed by atoms with van der Waals surface area (Å²) in [7, 11) is 0. The second kappa shape index (κ2) is 5.72. The van der Waals surface area contributed by atoms with E-state index in [1.165, 1.54) is 11.1 Å². The monoisotopic (exact) mass is 313 g/mol. The Balaban J connectivity index is 1.94. The van der Waals surface area contributed by atoms with E-state index in [0.717, 1.165) is 17.8 Å². The maximum atomic E-state index is 12.7. The van der Waals surface area contributed by atoms with Gasteiger partial charge < -0.3 is 4.74 Å². The van der Waals surface area contributed by atoms with Crippen LogP contribution in [-0.2, 0) is 17.7 Å². The zero-order valence-electron chi connectivity index (χ0n) is 14.1. The van der Waals surface area contributed by atoms with Crippen molar-refractivity contribution in [2.45, 2.75) is 52.3 Å². The quantitative estimate of drug-likeness (QED) is 0.872. The normalized spacial score (nSPS) is 17.7. The number of fused-ring (bicyclic) bond motifs is 1. The van der Waals surface area contributed by atoms with Gasteiger partial charge in [0.2, 0.25) is 0 Å². The zero-order chi connectivity index (χ0) is 16.6. The first-order valence-electron chi connectivity index (χ1n) is 7.92. The largest absolute Gasteiger partial charge is 0.444 e. The van der Waals surface area contributed by atoms with E-state index < -0.39 is 5.60 Å². The molecule has 0 radical (unpaired) electrons. The number of nitrogens with one attached hydrogen (secondary N) is 1. The van der Waals surface area contributed by atoms with Crippen LogP contribution in [0.15, 0.2) is 30.3 Å². The SMILES string of the molecule is Cc1cc([C@@H]2Cc3ccccc3CN2C(=O)OC(C)(C)C)n[nH]1. The third kappa shape index (κ3) is 3.38. The maximum Gasteiger partial charge on any atom is 0.411 e. The molecule has 2 aromatic rings. The van der Waals surface area contributed by atoms with Gasteiger partial charge in [-0.2, -0.15) is 5.10 Å². The molecule has 1 amide bonds. The summed E-state index contributed by atoms with van der Waals surface area (Å²) in [6.45, 7) is 8.16. The molecule has 1 N–H and O–H groups in total. The Morgan fingerprint density at radius 3 is 2.61 bits per heavy atom. The predicted octanol–water partition coefficient (Wildman–Crippen LogP) is 3.75. The number of rotatable bonds is 1. The van der Waals surface area contributed by atoms with E-state index in [1.54, 1.807) is 4.90 Å². The molecule has 1 aromatic carbocycles. The molecule has 5 heteroatoms. The van der Waals surface area contributed by atoms with Crippen molar-refractivity contribution >= 4 is 6.09 Å². The van der Waals surface area contributed by atoms with E-state index in [1.807, 2.05) is 45.9 Å². The number of benzene rings is 1. The molecule has 0 spiro atoms. The molecular weight excluding hydrogens is 290 g/mol. The lowest BCUT2D eigenvalue weighted by Gasteiger charge is -2.37. The van der Waals surface area contributed by atoms with E-state index in [9.17, 15) is 4.79 Å². The second-order valence-corrected chi connectivity index (χ2v) is 7.07. The molecule has 0 unspecified atom stereocenters. The second-order valence-electron chi connectivity index (χ2n) is 7.07. The van der Waals surface area contributed by atoms with Crippen LogP contribution in [0, 0.1) is 6.92 Å². The number of aromatic nitrogens is 2. The number of amides is 1. The van der Waals surface area contributed by atoms with Gasteiger partial charge in [0.25, 0.3) is 0 Å². The summed E-state index contributed by atoms with van der Waals surface area (Å²) in [6, 6.07) is 10.1. The average Bonchev–Trinajstić information content (AvgIpc) is 2.90. The van der Waals surface area contributed by atoms with Crippen molar-refractivity contribution < 1.29 is 9.53 Å². The molecule has 0 fully saturated rings. The van der Waals surface area contributed by atoms with Crippen LogP contribution in [0.25, 0.3) is 0 Å². The Kier molecular flexibility index (Phi) is 3.88. The molecule has 0 aliphatic carbocycles. The van der Waals surface area contributed by atoms with Crippen LogP contribution < -0.4 is 0 Å². The van der Waals surface area contributed by atoms with Crippen LogP contribution in [0.5, 0.6) is 0 Å². The van der Waals surface area contributed by atoms with E-state index in [0.29, 0.717) is 6.54 Å². The molecule has 1 aliphatic rings. The Bertz CT molecular complexity index is 715. The van der Waals surface area contributed by atoms with Crippen LogP contribution in [-0.4, -0.2) is 26.8 Å². The number of aryl methyl sites for hydroxylation is 1. The van der Waals surface area contributed by atoms with E-state index >= 15 is 0 Å². The Morgan fingerprint density at radius 2 is 2.00 bits per heavy atom. The Morgan fingerprint density at radius 1 is 1.30 bits per heavy atom. The number of carbonyl (C=O) groups excluding carboxylic acids is 1. The van der Waals surface area contributed by atoms with Gasteiger partial charge in [0.15, 0.2) is 0 Å². The van der Waals surface area contributed by atoms with Gasteiger partial charge in [-0.25, -0.2) is 4.79 Å². The molecule has 0 saturated heterocycles. The number of ether oxygens (including phenoxy) is 1. The van der Waals surface area contributed by atoms with E-state index in [-0.39, 0.29) is 12.1 Å². The van der Waals surface area contributed by atoms with Crippen molar-refractivity contribution in [1.82, 2.24) is 15.1 Å². The lowest BCUT2D eigenvalue weighted by atomic mass is 9.92. The van der Waals surface area contributed by atoms with Crippen LogP contribution in [0.4, 0.5) is 4.79 Å². The molecule has 3 rings (SSSR count). The first-order chi connectivity index (χ1) is 10.8. The first kappa shape index (κ1) is 15.6. The number of carbonyl (C=O) groups is 1. The van der Waals surface area contributed by atoms with Crippen molar-refractivity contribution in [2.75, 3.05) is 0 Å². The zero-order valence-corrected chi connectivity index (χ0v) is 14.1. The van der Waals surface area contributed by atoms with Crippen LogP contribution in [0.1, 0.15) is 49.3 Å². The molecular formula is C18H23N3O2. The van der Waals surface area contributed by atoms with Crippen LogP contribution in [0.2, 0.25) is 0 Å². The minimum absolute atomic E-state index is 0.107. The van der Waals surface area contributed by atoms with Crippen molar-refractivity contribution in [3.63, 3.8) is 0 Å². The lowest BCUT2D eigenvalue weighted by Crippen LogP contribution is -2.42. The van der Waals surface area contributed by atoms with Gasteiger partial charge in [0.1, 0.15) is 5.60 Å². The topological polar surface area (TPSA) is 58.2 Å². The molecule has 0 bridgehead atoms. The lowest BCUT2D eigenvalue weighted by molar-refractivity contribution is 0.0111. The van der Waals surface area contributed by atoms with E-state index in [2.05, 4.69) is 22.3 Å². The van der Waals surface area contributed by atoms with Crippen molar-refractivity contribution in [3.05, 3.63) is 52.8 Å². The third-order valence-electron chi connectivity index (χ3n) is 3.94. The molecule has 122 valence electrons. The van der Waals surface area contributed by atoms with Gasteiger partial charge in [-0.1, -0.05) is 24.3 Å². The Labute approximate surface area is 136 Å². The standard InChI is InChI=1S/C18H23N3O2/c1-12-9-15(20-19-12)16-10-13-7-5-6-8-14(13)11-21(16)17(22)23-18(2,3)4/h5-9,16H,10-11H2,1-4H3,(H,19,20)/t16-/m0/s1. The van der Waals surface area contributed by atoms with Gasteiger partial charge in [-0.3, -0.25) is 10.00 Å². The molecule has 23 heavy (non-hydrogen) atoms. The molecule has 1 atom stereocenters. The molecule has 5 nitrogen and oxygen atoms in total. The van der Waals surface area contributed by atoms with Gasteiger partial charge in [-0.15, -0.1) is 0 Å². The van der Waals surface area contributed by atoms with Gasteiger partial charge in [-0.05, 0) is 51.3 Å².